The van der Waals surface area contributed by atoms with Gasteiger partial charge in [-0.3, -0.25) is 9.88 Å². The van der Waals surface area contributed by atoms with Crippen molar-refractivity contribution in [2.24, 2.45) is 0 Å². The van der Waals surface area contributed by atoms with Gasteiger partial charge in [0.05, 0.1) is 12.7 Å². The molecule has 1 aromatic heterocycles. The lowest BCUT2D eigenvalue weighted by Gasteiger charge is -2.47. The van der Waals surface area contributed by atoms with E-state index in [1.54, 1.807) is 12.3 Å². The standard InChI is InChI=1S/C19H21FN2OS/c20-18-6-2-1-5-16(18)10-22-13-19(14-22)8-17(12-24-19)23-11-15-4-3-7-21-9-15/h1-7,9,17H,8,10-14H2/t17-/m1/s1. The Kier molecular flexibility index (Phi) is 4.57. The summed E-state index contributed by atoms with van der Waals surface area (Å²) in [5, 5.41) is 0. The molecule has 0 aliphatic carbocycles. The van der Waals surface area contributed by atoms with Gasteiger partial charge < -0.3 is 4.74 Å². The summed E-state index contributed by atoms with van der Waals surface area (Å²) in [6.45, 7) is 3.39. The van der Waals surface area contributed by atoms with Gasteiger partial charge in [-0.05, 0) is 24.1 Å². The fourth-order valence-corrected chi connectivity index (χ4v) is 5.18. The van der Waals surface area contributed by atoms with Gasteiger partial charge in [0.15, 0.2) is 0 Å². The number of ether oxygens (including phenoxy) is 1. The van der Waals surface area contributed by atoms with Gasteiger partial charge in [0.1, 0.15) is 5.82 Å². The Labute approximate surface area is 146 Å². The molecule has 0 unspecified atom stereocenters. The van der Waals surface area contributed by atoms with E-state index in [4.69, 9.17) is 4.74 Å². The number of pyridine rings is 1. The minimum atomic E-state index is -0.102. The normalized spacial score (nSPS) is 22.6. The Bertz CT molecular complexity index is 691. The SMILES string of the molecule is Fc1ccccc1CN1CC2(C[C@@H](OCc3cccnc3)CS2)C1. The Morgan fingerprint density at radius 3 is 2.92 bits per heavy atom. The van der Waals surface area contributed by atoms with Crippen LogP contribution in [0.4, 0.5) is 4.39 Å². The number of hydrogen-bond acceptors (Lipinski definition) is 4. The van der Waals surface area contributed by atoms with Crippen molar-refractivity contribution in [1.29, 1.82) is 0 Å². The number of nitrogens with zero attached hydrogens (tertiary/aromatic N) is 2. The van der Waals surface area contributed by atoms with Crippen molar-refractivity contribution in [1.82, 2.24) is 9.88 Å². The summed E-state index contributed by atoms with van der Waals surface area (Å²) >= 11 is 2.02. The van der Waals surface area contributed by atoms with E-state index in [1.165, 1.54) is 6.07 Å². The molecule has 2 aliphatic rings. The maximum absolute atomic E-state index is 13.7. The predicted octanol–water partition coefficient (Wildman–Crippen LogP) is 3.50. The second-order valence-corrected chi connectivity index (χ2v) is 8.22. The molecule has 2 saturated heterocycles. The van der Waals surface area contributed by atoms with Crippen LogP contribution in [0.1, 0.15) is 17.5 Å². The molecule has 0 bridgehead atoms. The van der Waals surface area contributed by atoms with Gasteiger partial charge in [0.25, 0.3) is 0 Å². The van der Waals surface area contributed by atoms with Gasteiger partial charge in [0, 0.05) is 48.1 Å². The molecule has 1 spiro atoms. The van der Waals surface area contributed by atoms with Crippen LogP contribution in [0.25, 0.3) is 0 Å². The van der Waals surface area contributed by atoms with Crippen molar-refractivity contribution in [3.05, 3.63) is 65.7 Å². The van der Waals surface area contributed by atoms with E-state index < -0.39 is 0 Å². The molecular formula is C19H21FN2OS. The highest BCUT2D eigenvalue weighted by Gasteiger charge is 2.49. The van der Waals surface area contributed by atoms with Crippen molar-refractivity contribution in [3.63, 3.8) is 0 Å². The first-order chi connectivity index (χ1) is 11.7. The van der Waals surface area contributed by atoms with Crippen LogP contribution in [0, 0.1) is 5.82 Å². The highest BCUT2D eigenvalue weighted by molar-refractivity contribution is 8.01. The lowest BCUT2D eigenvalue weighted by molar-refractivity contribution is 0.0261. The molecule has 0 amide bonds. The van der Waals surface area contributed by atoms with Gasteiger partial charge in [-0.15, -0.1) is 11.8 Å². The molecule has 2 fully saturated rings. The maximum atomic E-state index is 13.7. The lowest BCUT2D eigenvalue weighted by atomic mass is 9.92. The number of benzene rings is 1. The van der Waals surface area contributed by atoms with Crippen LogP contribution in [0.5, 0.6) is 0 Å². The van der Waals surface area contributed by atoms with Gasteiger partial charge in [-0.25, -0.2) is 4.39 Å². The Hall–Kier alpha value is -1.43. The van der Waals surface area contributed by atoms with E-state index in [1.807, 2.05) is 42.2 Å². The quantitative estimate of drug-likeness (QED) is 0.829. The smallest absolute Gasteiger partial charge is 0.127 e. The van der Waals surface area contributed by atoms with E-state index in [9.17, 15) is 4.39 Å². The van der Waals surface area contributed by atoms with Crippen molar-refractivity contribution in [2.75, 3.05) is 18.8 Å². The van der Waals surface area contributed by atoms with E-state index in [-0.39, 0.29) is 5.82 Å². The molecule has 1 aromatic carbocycles. The van der Waals surface area contributed by atoms with Crippen LogP contribution in [-0.4, -0.2) is 39.6 Å². The molecule has 3 nitrogen and oxygen atoms in total. The molecule has 5 heteroatoms. The fraction of sp³-hybridized carbons (Fsp3) is 0.421. The summed E-state index contributed by atoms with van der Waals surface area (Å²) in [5.41, 5.74) is 1.91. The van der Waals surface area contributed by atoms with Crippen molar-refractivity contribution >= 4 is 11.8 Å². The van der Waals surface area contributed by atoms with E-state index >= 15 is 0 Å². The highest BCUT2D eigenvalue weighted by Crippen LogP contribution is 2.46. The van der Waals surface area contributed by atoms with Crippen molar-refractivity contribution < 1.29 is 9.13 Å². The zero-order chi connectivity index (χ0) is 16.4. The Morgan fingerprint density at radius 1 is 1.25 bits per heavy atom. The molecule has 3 heterocycles. The van der Waals surface area contributed by atoms with E-state index in [0.29, 0.717) is 24.0 Å². The van der Waals surface area contributed by atoms with Crippen LogP contribution >= 0.6 is 11.8 Å². The zero-order valence-electron chi connectivity index (χ0n) is 13.5. The summed E-state index contributed by atoms with van der Waals surface area (Å²) in [4.78, 5) is 6.45. The monoisotopic (exact) mass is 344 g/mol. The Balaban J connectivity index is 1.25. The minimum Gasteiger partial charge on any atom is -0.373 e. The van der Waals surface area contributed by atoms with E-state index in [2.05, 4.69) is 9.88 Å². The lowest BCUT2D eigenvalue weighted by Crippen LogP contribution is -2.58. The second-order valence-electron chi connectivity index (χ2n) is 6.73. The van der Waals surface area contributed by atoms with E-state index in [0.717, 1.165) is 36.4 Å². The Morgan fingerprint density at radius 2 is 2.12 bits per heavy atom. The van der Waals surface area contributed by atoms with Gasteiger partial charge >= 0.3 is 0 Å². The fourth-order valence-electron chi connectivity index (χ4n) is 3.58. The number of aromatic nitrogens is 1. The molecular weight excluding hydrogens is 323 g/mol. The van der Waals surface area contributed by atoms with Crippen molar-refractivity contribution in [3.8, 4) is 0 Å². The van der Waals surface area contributed by atoms with Gasteiger partial charge in [-0.1, -0.05) is 24.3 Å². The first-order valence-corrected chi connectivity index (χ1v) is 9.31. The van der Waals surface area contributed by atoms with Crippen LogP contribution in [-0.2, 0) is 17.9 Å². The molecule has 24 heavy (non-hydrogen) atoms. The molecule has 4 rings (SSSR count). The summed E-state index contributed by atoms with van der Waals surface area (Å²) in [6, 6.07) is 11.0. The third-order valence-electron chi connectivity index (χ3n) is 4.76. The predicted molar refractivity (Wildman–Crippen MR) is 94.3 cm³/mol. The first kappa shape index (κ1) is 16.1. The summed E-state index contributed by atoms with van der Waals surface area (Å²) in [5.74, 6) is 0.948. The third-order valence-corrected chi connectivity index (χ3v) is 6.33. The largest absolute Gasteiger partial charge is 0.373 e. The topological polar surface area (TPSA) is 25.4 Å². The number of thioether (sulfide) groups is 1. The number of likely N-dealkylation sites (tertiary alicyclic amines) is 1. The third kappa shape index (κ3) is 3.48. The summed E-state index contributed by atoms with van der Waals surface area (Å²) in [6.07, 6.45) is 5.04. The molecule has 2 aliphatic heterocycles. The van der Waals surface area contributed by atoms with Crippen LogP contribution < -0.4 is 0 Å². The van der Waals surface area contributed by atoms with Crippen LogP contribution in [0.15, 0.2) is 48.8 Å². The minimum absolute atomic E-state index is 0.102. The summed E-state index contributed by atoms with van der Waals surface area (Å²) in [7, 11) is 0. The highest BCUT2D eigenvalue weighted by atomic mass is 32.2. The number of hydrogen-bond donors (Lipinski definition) is 0. The van der Waals surface area contributed by atoms with Gasteiger partial charge in [0.2, 0.25) is 0 Å². The maximum Gasteiger partial charge on any atom is 0.127 e. The average molecular weight is 344 g/mol. The van der Waals surface area contributed by atoms with Crippen LogP contribution in [0.2, 0.25) is 0 Å². The molecule has 2 aromatic rings. The number of rotatable bonds is 5. The zero-order valence-corrected chi connectivity index (χ0v) is 14.3. The van der Waals surface area contributed by atoms with Gasteiger partial charge in [-0.2, -0.15) is 0 Å². The second kappa shape index (κ2) is 6.82. The first-order valence-electron chi connectivity index (χ1n) is 8.33. The molecule has 0 radical (unpaired) electrons. The number of halogens is 1. The molecule has 1 atom stereocenters. The molecule has 0 N–H and O–H groups in total. The summed E-state index contributed by atoms with van der Waals surface area (Å²) < 4.78 is 20.1. The average Bonchev–Trinajstić information content (AvgIpc) is 3.00. The molecule has 0 saturated carbocycles. The van der Waals surface area contributed by atoms with Crippen molar-refractivity contribution in [2.45, 2.75) is 30.4 Å². The van der Waals surface area contributed by atoms with Crippen LogP contribution in [0.3, 0.4) is 0 Å². The molecule has 126 valence electrons.